The third-order valence-electron chi connectivity index (χ3n) is 3.71. The second-order valence-electron chi connectivity index (χ2n) is 5.03. The van der Waals surface area contributed by atoms with E-state index in [1.54, 1.807) is 16.9 Å². The van der Waals surface area contributed by atoms with Gasteiger partial charge in [0.2, 0.25) is 0 Å². The lowest BCUT2D eigenvalue weighted by atomic mass is 10.2. The van der Waals surface area contributed by atoms with Crippen LogP contribution in [0.25, 0.3) is 11.4 Å². The van der Waals surface area contributed by atoms with Crippen molar-refractivity contribution >= 4 is 17.2 Å². The third kappa shape index (κ3) is 1.88. The number of aryl methyl sites for hydroxylation is 1. The van der Waals surface area contributed by atoms with Crippen LogP contribution in [0.2, 0.25) is 0 Å². The number of nitrogens with one attached hydrogen (secondary N) is 1. The molecule has 22 heavy (non-hydrogen) atoms. The average molecular weight is 294 g/mol. The first-order valence-electron chi connectivity index (χ1n) is 6.92. The lowest BCUT2D eigenvalue weighted by Gasteiger charge is -2.13. The zero-order valence-electron chi connectivity index (χ0n) is 12.2. The largest absolute Gasteiger partial charge is 0.364 e. The molecule has 4 heterocycles. The van der Waals surface area contributed by atoms with Crippen LogP contribution in [-0.4, -0.2) is 34.2 Å². The Labute approximate surface area is 125 Å². The molecule has 0 bridgehead atoms. The fourth-order valence-electron chi connectivity index (χ4n) is 2.43. The Kier molecular flexibility index (Phi) is 2.75. The van der Waals surface area contributed by atoms with Crippen LogP contribution >= 0.6 is 0 Å². The molecule has 0 aliphatic carbocycles. The molecule has 0 radical (unpaired) electrons. The zero-order valence-corrected chi connectivity index (χ0v) is 12.2. The summed E-state index contributed by atoms with van der Waals surface area (Å²) in [5.41, 5.74) is 3.82. The Morgan fingerprint density at radius 1 is 1.05 bits per heavy atom. The summed E-state index contributed by atoms with van der Waals surface area (Å²) in [6.07, 6.45) is 5.03. The number of hydrogen-bond acceptors (Lipinski definition) is 6. The zero-order chi connectivity index (χ0) is 15.1. The fourth-order valence-corrected chi connectivity index (χ4v) is 2.43. The van der Waals surface area contributed by atoms with Crippen molar-refractivity contribution in [3.8, 4) is 0 Å². The predicted molar refractivity (Wildman–Crippen MR) is 80.6 cm³/mol. The monoisotopic (exact) mass is 294 g/mol. The summed E-state index contributed by atoms with van der Waals surface area (Å²) >= 11 is 0. The molecule has 0 spiro atoms. The van der Waals surface area contributed by atoms with Crippen molar-refractivity contribution in [1.29, 1.82) is 0 Å². The van der Waals surface area contributed by atoms with E-state index in [0.717, 1.165) is 28.4 Å². The highest BCUT2D eigenvalue weighted by Gasteiger charge is 2.11. The summed E-state index contributed by atoms with van der Waals surface area (Å²) < 4.78 is 3.53. The summed E-state index contributed by atoms with van der Waals surface area (Å²) in [5.74, 6) is 1.47. The van der Waals surface area contributed by atoms with Gasteiger partial charge in [0.05, 0.1) is 18.4 Å². The first-order chi connectivity index (χ1) is 10.7. The predicted octanol–water partition coefficient (Wildman–Crippen LogP) is 1.40. The van der Waals surface area contributed by atoms with Gasteiger partial charge in [0.25, 0.3) is 5.78 Å². The number of nitrogens with zero attached hydrogens (tertiary/aromatic N) is 7. The van der Waals surface area contributed by atoms with Crippen molar-refractivity contribution in [3.63, 3.8) is 0 Å². The first kappa shape index (κ1) is 12.7. The Hall–Kier alpha value is -3.03. The van der Waals surface area contributed by atoms with Crippen LogP contribution in [0.15, 0.2) is 30.9 Å². The highest BCUT2D eigenvalue weighted by atomic mass is 15.4. The van der Waals surface area contributed by atoms with Crippen molar-refractivity contribution in [2.24, 2.45) is 0 Å². The normalized spacial score (nSPS) is 11.4. The molecular weight excluding hydrogens is 280 g/mol. The molecule has 4 rings (SSSR count). The van der Waals surface area contributed by atoms with E-state index in [9.17, 15) is 0 Å². The highest BCUT2D eigenvalue weighted by Crippen LogP contribution is 2.18. The molecule has 0 aromatic carbocycles. The summed E-state index contributed by atoms with van der Waals surface area (Å²) in [7, 11) is 0. The Bertz CT molecular complexity index is 967. The van der Waals surface area contributed by atoms with E-state index in [-0.39, 0.29) is 0 Å². The molecule has 4 aromatic heterocycles. The first-order valence-corrected chi connectivity index (χ1v) is 6.92. The van der Waals surface area contributed by atoms with Gasteiger partial charge in [0.15, 0.2) is 5.65 Å². The van der Waals surface area contributed by atoms with Gasteiger partial charge in [-0.3, -0.25) is 0 Å². The van der Waals surface area contributed by atoms with Gasteiger partial charge in [-0.2, -0.15) is 19.7 Å². The van der Waals surface area contributed by atoms with E-state index in [2.05, 4.69) is 30.5 Å². The second kappa shape index (κ2) is 4.76. The minimum absolute atomic E-state index is 0.588. The minimum atomic E-state index is 0.588. The van der Waals surface area contributed by atoms with Crippen molar-refractivity contribution in [2.75, 3.05) is 5.32 Å². The molecule has 8 heteroatoms. The average Bonchev–Trinajstić information content (AvgIpc) is 3.16. The van der Waals surface area contributed by atoms with E-state index in [0.29, 0.717) is 12.3 Å². The fraction of sp³-hybridized carbons (Fsp3) is 0.214. The van der Waals surface area contributed by atoms with Crippen LogP contribution in [-0.2, 0) is 6.54 Å². The Morgan fingerprint density at radius 2 is 1.95 bits per heavy atom. The number of rotatable bonds is 3. The molecule has 4 aromatic rings. The molecule has 110 valence electrons. The van der Waals surface area contributed by atoms with Crippen molar-refractivity contribution in [2.45, 2.75) is 20.4 Å². The molecule has 0 unspecified atom stereocenters. The SMILES string of the molecule is Cc1nc2ncnn2c(NCc2ccnc3ccnn23)c1C. The van der Waals surface area contributed by atoms with E-state index in [1.165, 1.54) is 6.33 Å². The van der Waals surface area contributed by atoms with Crippen LogP contribution in [0, 0.1) is 13.8 Å². The minimum Gasteiger partial charge on any atom is -0.364 e. The van der Waals surface area contributed by atoms with Gasteiger partial charge in [-0.25, -0.2) is 14.5 Å². The molecule has 0 saturated carbocycles. The molecule has 0 saturated heterocycles. The van der Waals surface area contributed by atoms with Gasteiger partial charge >= 0.3 is 0 Å². The van der Waals surface area contributed by atoms with Crippen LogP contribution in [0.3, 0.4) is 0 Å². The molecule has 8 nitrogen and oxygen atoms in total. The molecule has 0 aliphatic heterocycles. The molecular formula is C14H14N8. The molecule has 0 amide bonds. The van der Waals surface area contributed by atoms with Gasteiger partial charge in [-0.1, -0.05) is 0 Å². The number of fused-ring (bicyclic) bond motifs is 2. The Balaban J connectivity index is 1.74. The number of anilines is 1. The van der Waals surface area contributed by atoms with Gasteiger partial charge in [0, 0.05) is 23.5 Å². The topological polar surface area (TPSA) is 85.3 Å². The third-order valence-corrected chi connectivity index (χ3v) is 3.71. The Morgan fingerprint density at radius 3 is 2.86 bits per heavy atom. The van der Waals surface area contributed by atoms with E-state index >= 15 is 0 Å². The molecule has 0 aliphatic rings. The summed E-state index contributed by atoms with van der Waals surface area (Å²) in [6.45, 7) is 4.58. The van der Waals surface area contributed by atoms with Gasteiger partial charge in [-0.15, -0.1) is 0 Å². The van der Waals surface area contributed by atoms with E-state index < -0.39 is 0 Å². The number of hydrogen-bond donors (Lipinski definition) is 1. The maximum atomic E-state index is 4.41. The summed E-state index contributed by atoms with van der Waals surface area (Å²) in [5, 5.41) is 11.9. The quantitative estimate of drug-likeness (QED) is 0.614. The lowest BCUT2D eigenvalue weighted by molar-refractivity contribution is 0.838. The maximum absolute atomic E-state index is 4.41. The van der Waals surface area contributed by atoms with Gasteiger partial charge in [-0.05, 0) is 19.9 Å². The lowest BCUT2D eigenvalue weighted by Crippen LogP contribution is -2.12. The maximum Gasteiger partial charge on any atom is 0.254 e. The number of aromatic nitrogens is 7. The van der Waals surface area contributed by atoms with Gasteiger partial charge < -0.3 is 5.32 Å². The van der Waals surface area contributed by atoms with Crippen LogP contribution in [0.5, 0.6) is 0 Å². The second-order valence-corrected chi connectivity index (χ2v) is 5.03. The standard InChI is InChI=1S/C14H14N8/c1-9-10(2)20-14-17-8-19-22(14)13(9)16-7-11-3-5-15-12-4-6-18-21(11)12/h3-6,8,16H,7H2,1-2H3. The smallest absolute Gasteiger partial charge is 0.254 e. The molecule has 1 N–H and O–H groups in total. The molecule has 0 atom stereocenters. The van der Waals surface area contributed by atoms with Gasteiger partial charge in [0.1, 0.15) is 12.1 Å². The van der Waals surface area contributed by atoms with E-state index in [1.807, 2.05) is 30.5 Å². The van der Waals surface area contributed by atoms with Crippen molar-refractivity contribution in [1.82, 2.24) is 34.2 Å². The summed E-state index contributed by atoms with van der Waals surface area (Å²) in [6, 6.07) is 3.82. The van der Waals surface area contributed by atoms with Crippen LogP contribution < -0.4 is 5.32 Å². The van der Waals surface area contributed by atoms with Crippen LogP contribution in [0.4, 0.5) is 5.82 Å². The molecule has 0 fully saturated rings. The van der Waals surface area contributed by atoms with Crippen molar-refractivity contribution < 1.29 is 0 Å². The highest BCUT2D eigenvalue weighted by molar-refractivity contribution is 5.52. The van der Waals surface area contributed by atoms with E-state index in [4.69, 9.17) is 0 Å². The summed E-state index contributed by atoms with van der Waals surface area (Å²) in [4.78, 5) is 12.8. The van der Waals surface area contributed by atoms with Crippen LogP contribution in [0.1, 0.15) is 17.0 Å². The van der Waals surface area contributed by atoms with Crippen molar-refractivity contribution in [3.05, 3.63) is 47.8 Å².